The van der Waals surface area contributed by atoms with Crippen molar-refractivity contribution in [1.82, 2.24) is 9.55 Å². The summed E-state index contributed by atoms with van der Waals surface area (Å²) in [4.78, 5) is 23.9. The van der Waals surface area contributed by atoms with E-state index >= 15 is 0 Å². The minimum atomic E-state index is -1.91. The van der Waals surface area contributed by atoms with E-state index in [9.17, 15) is 23.5 Å². The molecule has 4 atom stereocenters. The van der Waals surface area contributed by atoms with Gasteiger partial charge in [-0.25, -0.2) is 9.18 Å². The van der Waals surface area contributed by atoms with Gasteiger partial charge in [-0.15, -0.1) is 0 Å². The first-order valence-corrected chi connectivity index (χ1v) is 5.05. The Hall–Kier alpha value is -1.58. The third kappa shape index (κ3) is 1.96. The zero-order valence-electron chi connectivity index (χ0n) is 8.92. The second-order valence-electron chi connectivity index (χ2n) is 3.83. The average molecular weight is 264 g/mol. The average Bonchev–Trinajstić information content (AvgIpc) is 2.61. The lowest BCUT2D eigenvalue weighted by molar-refractivity contribution is -0.0542. The molecular formula is C9H10F2N2O5. The van der Waals surface area contributed by atoms with Gasteiger partial charge in [-0.2, -0.15) is 4.39 Å². The fraction of sp³-hybridized carbons (Fsp3) is 0.556. The molecule has 1 aromatic heterocycles. The Bertz CT molecular complexity index is 557. The smallest absolute Gasteiger partial charge is 0.330 e. The molecule has 1 aromatic rings. The van der Waals surface area contributed by atoms with Gasteiger partial charge in [-0.1, -0.05) is 0 Å². The first-order chi connectivity index (χ1) is 8.45. The molecule has 0 aromatic carbocycles. The van der Waals surface area contributed by atoms with Crippen LogP contribution in [0.15, 0.2) is 15.8 Å². The summed E-state index contributed by atoms with van der Waals surface area (Å²) in [6.45, 7) is -0.699. The standard InChI is InChI=1S/C9H10F2N2O5/c10-3-1-13(9(17)12-7(3)16)8-6(15)5(11)4(2-14)18-8/h1,4-6,8,14-15H,2H2,(H,12,16,17)/t4-,5-,6-,8-/m0/s1. The van der Waals surface area contributed by atoms with Gasteiger partial charge in [0.2, 0.25) is 5.82 Å². The summed E-state index contributed by atoms with van der Waals surface area (Å²) in [5.74, 6) is -1.27. The van der Waals surface area contributed by atoms with Crippen molar-refractivity contribution in [3.8, 4) is 0 Å². The Morgan fingerprint density at radius 2 is 2.17 bits per heavy atom. The highest BCUT2D eigenvalue weighted by Gasteiger charge is 2.45. The Labute approximate surface area is 98.3 Å². The second kappa shape index (κ2) is 4.59. The number of aromatic amines is 1. The molecule has 2 heterocycles. The highest BCUT2D eigenvalue weighted by atomic mass is 19.1. The lowest BCUT2D eigenvalue weighted by atomic mass is 10.1. The summed E-state index contributed by atoms with van der Waals surface area (Å²) in [6, 6.07) is 0. The fourth-order valence-corrected chi connectivity index (χ4v) is 1.74. The van der Waals surface area contributed by atoms with E-state index in [1.165, 1.54) is 0 Å². The Kier molecular flexibility index (Phi) is 3.28. The number of nitrogens with zero attached hydrogens (tertiary/aromatic N) is 1. The minimum absolute atomic E-state index is 0.515. The van der Waals surface area contributed by atoms with Gasteiger partial charge in [0.25, 0.3) is 5.56 Å². The largest absolute Gasteiger partial charge is 0.394 e. The van der Waals surface area contributed by atoms with Crippen molar-refractivity contribution in [3.63, 3.8) is 0 Å². The summed E-state index contributed by atoms with van der Waals surface area (Å²) >= 11 is 0. The van der Waals surface area contributed by atoms with Crippen LogP contribution < -0.4 is 11.2 Å². The van der Waals surface area contributed by atoms with Crippen molar-refractivity contribution >= 4 is 0 Å². The molecule has 0 unspecified atom stereocenters. The predicted octanol–water partition coefficient (Wildman–Crippen LogP) is -1.74. The normalized spacial score (nSPS) is 31.8. The van der Waals surface area contributed by atoms with Gasteiger partial charge in [-0.3, -0.25) is 14.3 Å². The van der Waals surface area contributed by atoms with Crippen molar-refractivity contribution in [1.29, 1.82) is 0 Å². The number of hydrogen-bond donors (Lipinski definition) is 3. The maximum atomic E-state index is 13.4. The number of aromatic nitrogens is 2. The number of hydrogen-bond acceptors (Lipinski definition) is 5. The first kappa shape index (κ1) is 12.9. The van der Waals surface area contributed by atoms with Gasteiger partial charge < -0.3 is 14.9 Å². The third-order valence-electron chi connectivity index (χ3n) is 2.67. The van der Waals surface area contributed by atoms with Gasteiger partial charge in [0.15, 0.2) is 12.4 Å². The monoisotopic (exact) mass is 264 g/mol. The van der Waals surface area contributed by atoms with Gasteiger partial charge in [0.1, 0.15) is 12.2 Å². The number of aliphatic hydroxyl groups is 2. The molecule has 0 spiro atoms. The van der Waals surface area contributed by atoms with Crippen molar-refractivity contribution in [2.24, 2.45) is 0 Å². The molecule has 18 heavy (non-hydrogen) atoms. The lowest BCUT2D eigenvalue weighted by Crippen LogP contribution is -2.37. The Morgan fingerprint density at radius 3 is 2.72 bits per heavy atom. The number of aliphatic hydroxyl groups excluding tert-OH is 2. The van der Waals surface area contributed by atoms with Crippen LogP contribution >= 0.6 is 0 Å². The maximum absolute atomic E-state index is 13.4. The van der Waals surface area contributed by atoms with Crippen molar-refractivity contribution in [2.75, 3.05) is 6.61 Å². The van der Waals surface area contributed by atoms with Gasteiger partial charge in [0, 0.05) is 0 Å². The van der Waals surface area contributed by atoms with Crippen LogP contribution in [0.25, 0.3) is 0 Å². The summed E-state index contributed by atoms with van der Waals surface area (Å²) in [7, 11) is 0. The van der Waals surface area contributed by atoms with Crippen LogP contribution in [-0.2, 0) is 4.74 Å². The van der Waals surface area contributed by atoms with Gasteiger partial charge in [0.05, 0.1) is 12.8 Å². The Balaban J connectivity index is 2.42. The highest BCUT2D eigenvalue weighted by Crippen LogP contribution is 2.30. The summed E-state index contributed by atoms with van der Waals surface area (Å²) in [6.07, 6.45) is -5.96. The minimum Gasteiger partial charge on any atom is -0.394 e. The number of halogens is 2. The maximum Gasteiger partial charge on any atom is 0.330 e. The molecular weight excluding hydrogens is 254 g/mol. The zero-order valence-corrected chi connectivity index (χ0v) is 8.92. The predicted molar refractivity (Wildman–Crippen MR) is 53.2 cm³/mol. The summed E-state index contributed by atoms with van der Waals surface area (Å²) < 4.78 is 31.9. The number of rotatable bonds is 2. The summed E-state index contributed by atoms with van der Waals surface area (Å²) in [5, 5.41) is 18.3. The molecule has 0 radical (unpaired) electrons. The molecule has 0 amide bonds. The van der Waals surface area contributed by atoms with Crippen LogP contribution in [0.2, 0.25) is 0 Å². The number of alkyl halides is 1. The molecule has 0 saturated carbocycles. The van der Waals surface area contributed by atoms with E-state index in [4.69, 9.17) is 9.84 Å². The SMILES string of the molecule is O=c1[nH]c(=O)n([C@H]2O[C@@H](CO)[C@H](F)[C@@H]2O)cc1F. The van der Waals surface area contributed by atoms with Crippen LogP contribution in [0.5, 0.6) is 0 Å². The first-order valence-electron chi connectivity index (χ1n) is 5.05. The molecule has 2 rings (SSSR count). The van der Waals surface area contributed by atoms with E-state index < -0.39 is 48.3 Å². The van der Waals surface area contributed by atoms with Gasteiger partial charge >= 0.3 is 5.69 Å². The molecule has 1 aliphatic rings. The van der Waals surface area contributed by atoms with Crippen LogP contribution in [0.4, 0.5) is 8.78 Å². The quantitative estimate of drug-likeness (QED) is 0.588. The molecule has 1 saturated heterocycles. The zero-order chi connectivity index (χ0) is 13.4. The number of H-pyrrole nitrogens is 1. The molecule has 3 N–H and O–H groups in total. The van der Waals surface area contributed by atoms with E-state index in [0.29, 0.717) is 10.8 Å². The number of ether oxygens (including phenoxy) is 1. The molecule has 1 fully saturated rings. The van der Waals surface area contributed by atoms with Crippen molar-refractivity contribution < 1.29 is 23.7 Å². The van der Waals surface area contributed by atoms with Gasteiger partial charge in [-0.05, 0) is 0 Å². The molecule has 1 aliphatic heterocycles. The molecule has 100 valence electrons. The van der Waals surface area contributed by atoms with Crippen LogP contribution in [0.1, 0.15) is 6.23 Å². The van der Waals surface area contributed by atoms with Crippen LogP contribution in [0, 0.1) is 5.82 Å². The fourth-order valence-electron chi connectivity index (χ4n) is 1.74. The van der Waals surface area contributed by atoms with E-state index in [0.717, 1.165) is 0 Å². The van der Waals surface area contributed by atoms with E-state index in [-0.39, 0.29) is 0 Å². The highest BCUT2D eigenvalue weighted by molar-refractivity contribution is 4.94. The van der Waals surface area contributed by atoms with Crippen molar-refractivity contribution in [3.05, 3.63) is 32.9 Å². The van der Waals surface area contributed by atoms with E-state index in [1.54, 1.807) is 4.98 Å². The molecule has 7 nitrogen and oxygen atoms in total. The molecule has 0 aliphatic carbocycles. The Morgan fingerprint density at radius 1 is 1.50 bits per heavy atom. The van der Waals surface area contributed by atoms with E-state index in [1.807, 2.05) is 0 Å². The molecule has 0 bridgehead atoms. The van der Waals surface area contributed by atoms with Crippen molar-refractivity contribution in [2.45, 2.75) is 24.6 Å². The van der Waals surface area contributed by atoms with Crippen LogP contribution in [-0.4, -0.2) is 44.8 Å². The summed E-state index contributed by atoms with van der Waals surface area (Å²) in [5.41, 5.74) is -2.27. The molecule has 9 heteroatoms. The van der Waals surface area contributed by atoms with Crippen LogP contribution in [0.3, 0.4) is 0 Å². The second-order valence-corrected chi connectivity index (χ2v) is 3.83. The lowest BCUT2D eigenvalue weighted by Gasteiger charge is -2.16. The van der Waals surface area contributed by atoms with E-state index in [2.05, 4.69) is 0 Å². The third-order valence-corrected chi connectivity index (χ3v) is 2.67. The topological polar surface area (TPSA) is 105 Å². The number of nitrogens with one attached hydrogen (secondary N) is 1.